The minimum absolute atomic E-state index is 0.0166. The average molecular weight is 538 g/mol. The molecule has 2 aromatic carbocycles. The number of anilines is 1. The highest BCUT2D eigenvalue weighted by atomic mass is 79.9. The molecule has 0 amide bonds. The van der Waals surface area contributed by atoms with E-state index in [-0.39, 0.29) is 12.1 Å². The number of benzene rings is 2. The summed E-state index contributed by atoms with van der Waals surface area (Å²) in [6, 6.07) is 23.5. The van der Waals surface area contributed by atoms with Crippen LogP contribution in [0, 0.1) is 0 Å². The van der Waals surface area contributed by atoms with Gasteiger partial charge in [-0.05, 0) is 94.9 Å². The lowest BCUT2D eigenvalue weighted by Crippen LogP contribution is -2.28. The van der Waals surface area contributed by atoms with Crippen molar-refractivity contribution in [2.24, 2.45) is 0 Å². The largest absolute Gasteiger partial charge is 0.497 e. The predicted octanol–water partition coefficient (Wildman–Crippen LogP) is 6.88. The second-order valence-corrected chi connectivity index (χ2v) is 9.68. The molecule has 1 aliphatic heterocycles. The van der Waals surface area contributed by atoms with Crippen molar-refractivity contribution in [1.82, 2.24) is 10.3 Å². The van der Waals surface area contributed by atoms with Crippen molar-refractivity contribution < 1.29 is 9.47 Å². The van der Waals surface area contributed by atoms with Gasteiger partial charge in [-0.3, -0.25) is 4.98 Å². The lowest BCUT2D eigenvalue weighted by molar-refractivity contribution is 0.413. The molecule has 2 atom stereocenters. The molecule has 0 spiro atoms. The number of rotatable bonds is 6. The van der Waals surface area contributed by atoms with E-state index in [1.807, 2.05) is 72.9 Å². The van der Waals surface area contributed by atoms with Gasteiger partial charge in [0.05, 0.1) is 24.9 Å². The van der Waals surface area contributed by atoms with Crippen LogP contribution in [0.4, 0.5) is 5.69 Å². The summed E-state index contributed by atoms with van der Waals surface area (Å²) in [5.74, 6) is 2.29. The zero-order valence-corrected chi connectivity index (χ0v) is 20.9. The van der Waals surface area contributed by atoms with E-state index >= 15 is 0 Å². The first-order chi connectivity index (χ1) is 16.1. The standard InChI is InChI=1S/C25H20BrN3O2S2/c1-30-18-9-11-20(12-10-18)31-19-7-5-17(6-8-19)29-24(22-14-16(26)15-33-22)23(28-25(29)32)21-4-2-3-13-27-21/h2-15,23-24H,1H3,(H,28,32)/t23-,24-/m0/s1. The number of thiophene rings is 1. The Labute approximate surface area is 210 Å². The third-order valence-corrected chi connectivity index (χ3v) is 7.47. The summed E-state index contributed by atoms with van der Waals surface area (Å²) in [5.41, 5.74) is 1.94. The molecule has 33 heavy (non-hydrogen) atoms. The van der Waals surface area contributed by atoms with Crippen molar-refractivity contribution in [2.75, 3.05) is 12.0 Å². The number of ether oxygens (including phenoxy) is 2. The van der Waals surface area contributed by atoms with Crippen LogP contribution in [0.25, 0.3) is 0 Å². The number of methoxy groups -OCH3 is 1. The fraction of sp³-hybridized carbons (Fsp3) is 0.120. The Bertz CT molecular complexity index is 1250. The van der Waals surface area contributed by atoms with Crippen LogP contribution in [0.15, 0.2) is 88.8 Å². The Hall–Kier alpha value is -2.94. The van der Waals surface area contributed by atoms with Gasteiger partial charge in [-0.2, -0.15) is 0 Å². The summed E-state index contributed by atoms with van der Waals surface area (Å²) in [6.07, 6.45) is 1.81. The molecule has 0 unspecified atom stereocenters. The van der Waals surface area contributed by atoms with Gasteiger partial charge in [-0.15, -0.1) is 11.3 Å². The average Bonchev–Trinajstić information content (AvgIpc) is 3.43. The van der Waals surface area contributed by atoms with E-state index in [2.05, 4.69) is 42.6 Å². The molecule has 166 valence electrons. The Kier molecular flexibility index (Phi) is 6.30. The summed E-state index contributed by atoms with van der Waals surface area (Å²) >= 11 is 11.1. The third-order valence-electron chi connectivity index (χ3n) is 5.39. The van der Waals surface area contributed by atoms with E-state index in [0.717, 1.165) is 33.1 Å². The smallest absolute Gasteiger partial charge is 0.174 e. The lowest BCUT2D eigenvalue weighted by atomic mass is 10.0. The van der Waals surface area contributed by atoms with Gasteiger partial charge in [0.25, 0.3) is 0 Å². The molecule has 3 heterocycles. The third kappa shape index (κ3) is 4.59. The molecule has 0 aliphatic carbocycles. The minimum atomic E-state index is -0.0560. The van der Waals surface area contributed by atoms with Crippen LogP contribution in [0.1, 0.15) is 22.7 Å². The summed E-state index contributed by atoms with van der Waals surface area (Å²) < 4.78 is 12.3. The van der Waals surface area contributed by atoms with E-state index in [4.69, 9.17) is 21.7 Å². The highest BCUT2D eigenvalue weighted by molar-refractivity contribution is 9.10. The molecular formula is C25H20BrN3O2S2. The van der Waals surface area contributed by atoms with Crippen LogP contribution >= 0.6 is 39.5 Å². The Morgan fingerprint density at radius 3 is 2.30 bits per heavy atom. The number of nitrogens with zero attached hydrogens (tertiary/aromatic N) is 2. The van der Waals surface area contributed by atoms with E-state index in [9.17, 15) is 0 Å². The van der Waals surface area contributed by atoms with Gasteiger partial charge in [0.1, 0.15) is 17.2 Å². The number of aromatic nitrogens is 1. The van der Waals surface area contributed by atoms with Crippen LogP contribution in [0.3, 0.4) is 0 Å². The highest BCUT2D eigenvalue weighted by Gasteiger charge is 2.41. The summed E-state index contributed by atoms with van der Waals surface area (Å²) in [4.78, 5) is 7.95. The summed E-state index contributed by atoms with van der Waals surface area (Å²) in [7, 11) is 1.65. The zero-order chi connectivity index (χ0) is 22.8. The molecule has 0 bridgehead atoms. The minimum Gasteiger partial charge on any atom is -0.497 e. The van der Waals surface area contributed by atoms with Crippen molar-refractivity contribution in [3.05, 3.63) is 99.4 Å². The Morgan fingerprint density at radius 1 is 1.00 bits per heavy atom. The normalized spacial score (nSPS) is 17.6. The maximum atomic E-state index is 5.99. The monoisotopic (exact) mass is 537 g/mol. The molecule has 5 rings (SSSR count). The van der Waals surface area contributed by atoms with Gasteiger partial charge in [-0.1, -0.05) is 6.07 Å². The predicted molar refractivity (Wildman–Crippen MR) is 139 cm³/mol. The number of halogens is 1. The SMILES string of the molecule is COc1ccc(Oc2ccc(N3C(=S)N[C@@H](c4ccccn4)[C@@H]3c3cc(Br)cs3)cc2)cc1. The van der Waals surface area contributed by atoms with E-state index in [1.54, 1.807) is 18.4 Å². The molecular weight excluding hydrogens is 518 g/mol. The number of nitrogens with one attached hydrogen (secondary N) is 1. The van der Waals surface area contributed by atoms with Gasteiger partial charge in [0.15, 0.2) is 5.11 Å². The Morgan fingerprint density at radius 2 is 1.70 bits per heavy atom. The van der Waals surface area contributed by atoms with Crippen LogP contribution < -0.4 is 19.7 Å². The molecule has 5 nitrogen and oxygen atoms in total. The van der Waals surface area contributed by atoms with Crippen molar-refractivity contribution in [1.29, 1.82) is 0 Å². The van der Waals surface area contributed by atoms with Crippen LogP contribution in [0.2, 0.25) is 0 Å². The molecule has 2 aromatic heterocycles. The van der Waals surface area contributed by atoms with Crippen molar-refractivity contribution in [2.45, 2.75) is 12.1 Å². The molecule has 8 heteroatoms. The van der Waals surface area contributed by atoms with Gasteiger partial charge in [0.2, 0.25) is 0 Å². The lowest BCUT2D eigenvalue weighted by Gasteiger charge is -2.27. The number of hydrogen-bond donors (Lipinski definition) is 1. The van der Waals surface area contributed by atoms with E-state index in [0.29, 0.717) is 5.11 Å². The quantitative estimate of drug-likeness (QED) is 0.270. The maximum Gasteiger partial charge on any atom is 0.174 e. The first-order valence-electron chi connectivity index (χ1n) is 10.3. The van der Waals surface area contributed by atoms with E-state index in [1.165, 1.54) is 4.88 Å². The van der Waals surface area contributed by atoms with Gasteiger partial charge in [-0.25, -0.2) is 0 Å². The van der Waals surface area contributed by atoms with Gasteiger partial charge in [0, 0.05) is 26.6 Å². The van der Waals surface area contributed by atoms with Crippen molar-refractivity contribution in [3.8, 4) is 17.2 Å². The van der Waals surface area contributed by atoms with Crippen molar-refractivity contribution >= 4 is 50.3 Å². The fourth-order valence-electron chi connectivity index (χ4n) is 3.86. The van der Waals surface area contributed by atoms with Crippen LogP contribution in [-0.4, -0.2) is 17.2 Å². The number of thiocarbonyl (C=S) groups is 1. The molecule has 0 saturated carbocycles. The molecule has 1 saturated heterocycles. The first-order valence-corrected chi connectivity index (χ1v) is 12.4. The van der Waals surface area contributed by atoms with Gasteiger partial charge < -0.3 is 19.7 Å². The fourth-order valence-corrected chi connectivity index (χ4v) is 5.78. The van der Waals surface area contributed by atoms with E-state index < -0.39 is 0 Å². The Balaban J connectivity index is 1.44. The second kappa shape index (κ2) is 9.51. The summed E-state index contributed by atoms with van der Waals surface area (Å²) in [6.45, 7) is 0. The van der Waals surface area contributed by atoms with Gasteiger partial charge >= 0.3 is 0 Å². The second-order valence-electron chi connectivity index (χ2n) is 7.44. The number of pyridine rings is 1. The van der Waals surface area contributed by atoms with Crippen LogP contribution in [-0.2, 0) is 0 Å². The van der Waals surface area contributed by atoms with Crippen LogP contribution in [0.5, 0.6) is 17.2 Å². The maximum absolute atomic E-state index is 5.99. The topological polar surface area (TPSA) is 46.6 Å². The molecule has 1 aliphatic rings. The highest BCUT2D eigenvalue weighted by Crippen LogP contribution is 2.44. The molecule has 1 N–H and O–H groups in total. The molecule has 1 fully saturated rings. The summed E-state index contributed by atoms with van der Waals surface area (Å²) in [5, 5.41) is 6.25. The van der Waals surface area contributed by atoms with Crippen molar-refractivity contribution in [3.63, 3.8) is 0 Å². The number of hydrogen-bond acceptors (Lipinski definition) is 5. The molecule has 0 radical (unpaired) electrons. The molecule has 4 aromatic rings. The first kappa shape index (κ1) is 21.9. The zero-order valence-electron chi connectivity index (χ0n) is 17.6.